The van der Waals surface area contributed by atoms with Crippen LogP contribution >= 0.6 is 69.6 Å². The summed E-state index contributed by atoms with van der Waals surface area (Å²) in [5, 5.41) is 40.3. The standard InChI is InChI=1S/3C15H10Cl2N2O2/c3*16-8-5-6-12-10(7-8)13(19-15(21)14(20)18-12)9-3-1-2-4-11(9)17/h3*1-7,15,21H,(H,18,20)/t2*15-;/m00./s1. The molecule has 0 aromatic heterocycles. The lowest BCUT2D eigenvalue weighted by molar-refractivity contribution is -0.124. The van der Waals surface area contributed by atoms with E-state index in [4.69, 9.17) is 69.6 Å². The maximum Gasteiger partial charge on any atom is 0.276 e. The number of amides is 3. The largest absolute Gasteiger partial charge is 0.364 e. The first-order chi connectivity index (χ1) is 30.2. The van der Waals surface area contributed by atoms with Crippen LogP contribution in [-0.4, -0.2) is 68.9 Å². The van der Waals surface area contributed by atoms with E-state index >= 15 is 0 Å². The minimum absolute atomic E-state index is 0.420. The molecule has 0 aliphatic carbocycles. The molecule has 1 unspecified atom stereocenters. The van der Waals surface area contributed by atoms with Gasteiger partial charge in [-0.15, -0.1) is 0 Å². The predicted octanol–water partition coefficient (Wildman–Crippen LogP) is 9.30. The summed E-state index contributed by atoms with van der Waals surface area (Å²) in [5.74, 6) is -1.79. The highest BCUT2D eigenvalue weighted by molar-refractivity contribution is 6.39. The molecule has 0 saturated heterocycles. The van der Waals surface area contributed by atoms with Crippen LogP contribution < -0.4 is 16.0 Å². The van der Waals surface area contributed by atoms with Crippen LogP contribution in [0.4, 0.5) is 17.1 Å². The molecule has 18 heteroatoms. The van der Waals surface area contributed by atoms with Crippen LogP contribution in [0.25, 0.3) is 0 Å². The number of anilines is 3. The fourth-order valence-electron chi connectivity index (χ4n) is 6.41. The number of aliphatic imine (C=N–C) groups is 3. The second kappa shape index (κ2) is 19.8. The molecule has 3 heterocycles. The number of aliphatic hydroxyl groups is 3. The Morgan fingerprint density at radius 1 is 0.365 bits per heavy atom. The summed E-state index contributed by atoms with van der Waals surface area (Å²) in [6.45, 7) is 0. The Bertz CT molecular complexity index is 2580. The van der Waals surface area contributed by atoms with Gasteiger partial charge in [0.05, 0.1) is 34.2 Å². The Morgan fingerprint density at radius 2 is 0.619 bits per heavy atom. The molecular formula is C45H30Cl6N6O6. The Hall–Kier alpha value is -5.64. The number of hydrogen-bond donors (Lipinski definition) is 6. The second-order valence-corrected chi connectivity index (χ2v) is 16.1. The van der Waals surface area contributed by atoms with Gasteiger partial charge in [-0.3, -0.25) is 14.4 Å². The molecule has 318 valence electrons. The molecule has 9 rings (SSSR count). The third-order valence-corrected chi connectivity index (χ3v) is 11.0. The van der Waals surface area contributed by atoms with Gasteiger partial charge in [0.2, 0.25) is 18.7 Å². The summed E-state index contributed by atoms with van der Waals surface area (Å²) >= 11 is 36.7. The average molecular weight is 963 g/mol. The van der Waals surface area contributed by atoms with Crippen molar-refractivity contribution in [2.75, 3.05) is 16.0 Å². The van der Waals surface area contributed by atoms with E-state index in [1.807, 2.05) is 0 Å². The zero-order valence-electron chi connectivity index (χ0n) is 32.0. The van der Waals surface area contributed by atoms with E-state index in [1.165, 1.54) is 0 Å². The molecule has 3 aliphatic heterocycles. The normalized spacial score (nSPS) is 17.6. The van der Waals surface area contributed by atoms with Crippen LogP contribution in [0.2, 0.25) is 30.1 Å². The molecule has 0 spiro atoms. The number of nitrogens with zero attached hydrogens (tertiary/aromatic N) is 3. The van der Waals surface area contributed by atoms with E-state index < -0.39 is 36.4 Å². The van der Waals surface area contributed by atoms with Crippen LogP contribution in [0.1, 0.15) is 33.4 Å². The SMILES string of the molecule is O=C1Nc2ccc(Cl)cc2C(c2ccccc2Cl)=NC1O.O=C1Nc2ccc(Cl)cc2C(c2ccccc2Cl)=N[C@H]1O.O=C1Nc2ccc(Cl)cc2C(c2ccccc2Cl)=N[C@H]1O. The summed E-state index contributed by atoms with van der Waals surface area (Å²) in [6.07, 6.45) is -4.49. The minimum atomic E-state index is -1.50. The zero-order valence-corrected chi connectivity index (χ0v) is 36.6. The lowest BCUT2D eigenvalue weighted by atomic mass is 10.0. The smallest absolute Gasteiger partial charge is 0.276 e. The number of benzodiazepines with no additional fused rings is 3. The lowest BCUT2D eigenvalue weighted by Gasteiger charge is -2.11. The molecule has 6 N–H and O–H groups in total. The van der Waals surface area contributed by atoms with Crippen LogP contribution in [0.5, 0.6) is 0 Å². The highest BCUT2D eigenvalue weighted by Gasteiger charge is 2.28. The van der Waals surface area contributed by atoms with E-state index in [9.17, 15) is 29.7 Å². The first kappa shape index (κ1) is 45.4. The van der Waals surface area contributed by atoms with Crippen molar-refractivity contribution in [1.82, 2.24) is 0 Å². The Labute approximate surface area is 389 Å². The van der Waals surface area contributed by atoms with Gasteiger partial charge in [0, 0.05) is 63.5 Å². The third-order valence-electron chi connectivity index (χ3n) is 9.33. The average Bonchev–Trinajstić information content (AvgIpc) is 3.53. The third kappa shape index (κ3) is 10.4. The minimum Gasteiger partial charge on any atom is -0.364 e. The summed E-state index contributed by atoms with van der Waals surface area (Å²) in [4.78, 5) is 47.6. The number of nitrogens with one attached hydrogen (secondary N) is 3. The van der Waals surface area contributed by atoms with Crippen LogP contribution in [0.3, 0.4) is 0 Å². The van der Waals surface area contributed by atoms with Crippen molar-refractivity contribution >= 4 is 122 Å². The number of benzene rings is 6. The summed E-state index contributed by atoms with van der Waals surface area (Å²) in [7, 11) is 0. The number of rotatable bonds is 3. The number of aliphatic hydroxyl groups excluding tert-OH is 3. The molecule has 63 heavy (non-hydrogen) atoms. The molecule has 0 bridgehead atoms. The fraction of sp³-hybridized carbons (Fsp3) is 0.0667. The molecule has 6 aromatic rings. The van der Waals surface area contributed by atoms with E-state index in [1.54, 1.807) is 127 Å². The van der Waals surface area contributed by atoms with Gasteiger partial charge in [0.25, 0.3) is 17.7 Å². The van der Waals surface area contributed by atoms with Gasteiger partial charge >= 0.3 is 0 Å². The number of hydrogen-bond acceptors (Lipinski definition) is 9. The second-order valence-electron chi connectivity index (χ2n) is 13.5. The van der Waals surface area contributed by atoms with E-state index in [0.29, 0.717) is 97.7 Å². The maximum atomic E-state index is 11.8. The van der Waals surface area contributed by atoms with Crippen molar-refractivity contribution in [2.24, 2.45) is 15.0 Å². The Balaban J connectivity index is 0.000000142. The maximum absolute atomic E-state index is 11.8. The van der Waals surface area contributed by atoms with E-state index in [2.05, 4.69) is 30.9 Å². The van der Waals surface area contributed by atoms with Crippen molar-refractivity contribution in [3.05, 3.63) is 191 Å². The van der Waals surface area contributed by atoms with E-state index in [0.717, 1.165) is 0 Å². The number of halogens is 6. The Morgan fingerprint density at radius 3 is 0.873 bits per heavy atom. The first-order valence-corrected chi connectivity index (χ1v) is 20.8. The van der Waals surface area contributed by atoms with Gasteiger partial charge in [-0.2, -0.15) is 0 Å². The van der Waals surface area contributed by atoms with Crippen molar-refractivity contribution < 1.29 is 29.7 Å². The topological polar surface area (TPSA) is 185 Å². The molecule has 0 radical (unpaired) electrons. The number of fused-ring (bicyclic) bond motifs is 3. The Kier molecular flexibility index (Phi) is 14.3. The van der Waals surface area contributed by atoms with Crippen molar-refractivity contribution in [3.8, 4) is 0 Å². The summed E-state index contributed by atoms with van der Waals surface area (Å²) in [6, 6.07) is 36.3. The molecule has 3 atom stereocenters. The quantitative estimate of drug-likeness (QED) is 0.103. The monoisotopic (exact) mass is 960 g/mol. The summed E-state index contributed by atoms with van der Waals surface area (Å²) < 4.78 is 0. The molecule has 12 nitrogen and oxygen atoms in total. The molecule has 0 fully saturated rings. The molecule has 0 saturated carbocycles. The first-order valence-electron chi connectivity index (χ1n) is 18.5. The van der Waals surface area contributed by atoms with Crippen molar-refractivity contribution in [3.63, 3.8) is 0 Å². The molecule has 3 aliphatic rings. The fourth-order valence-corrected chi connectivity index (χ4v) is 7.60. The molecule has 3 amide bonds. The van der Waals surface area contributed by atoms with E-state index in [-0.39, 0.29) is 0 Å². The van der Waals surface area contributed by atoms with Gasteiger partial charge < -0.3 is 31.3 Å². The van der Waals surface area contributed by atoms with Crippen LogP contribution in [0, 0.1) is 0 Å². The van der Waals surface area contributed by atoms with Crippen LogP contribution in [0.15, 0.2) is 142 Å². The lowest BCUT2D eigenvalue weighted by Crippen LogP contribution is -2.24. The van der Waals surface area contributed by atoms with Crippen molar-refractivity contribution in [1.29, 1.82) is 0 Å². The highest BCUT2D eigenvalue weighted by atomic mass is 35.5. The number of carbonyl (C=O) groups is 3. The molecular weight excluding hydrogens is 933 g/mol. The highest BCUT2D eigenvalue weighted by Crippen LogP contribution is 2.32. The van der Waals surface area contributed by atoms with Gasteiger partial charge in [0.15, 0.2) is 0 Å². The van der Waals surface area contributed by atoms with Gasteiger partial charge in [-0.25, -0.2) is 15.0 Å². The van der Waals surface area contributed by atoms with Gasteiger partial charge in [0.1, 0.15) is 0 Å². The molecule has 6 aromatic carbocycles. The van der Waals surface area contributed by atoms with Gasteiger partial charge in [-0.1, -0.05) is 124 Å². The zero-order chi connectivity index (χ0) is 44.9. The van der Waals surface area contributed by atoms with Gasteiger partial charge in [-0.05, 0) is 72.8 Å². The predicted molar refractivity (Wildman–Crippen MR) is 250 cm³/mol. The van der Waals surface area contributed by atoms with Crippen LogP contribution in [-0.2, 0) is 14.4 Å². The number of carbonyl (C=O) groups excluding carboxylic acids is 3. The van der Waals surface area contributed by atoms with Crippen molar-refractivity contribution in [2.45, 2.75) is 18.7 Å². The summed E-state index contributed by atoms with van der Waals surface area (Å²) in [5.41, 5.74) is 6.55.